The Kier molecular flexibility index (Phi) is 2.98. The van der Waals surface area contributed by atoms with E-state index in [-0.39, 0.29) is 12.8 Å². The summed E-state index contributed by atoms with van der Waals surface area (Å²) < 4.78 is 36.2. The summed E-state index contributed by atoms with van der Waals surface area (Å²) in [4.78, 5) is 21.8. The van der Waals surface area contributed by atoms with Crippen LogP contribution in [0.1, 0.15) is 19.8 Å². The summed E-state index contributed by atoms with van der Waals surface area (Å²) in [6, 6.07) is 0. The molecule has 1 aliphatic rings. The van der Waals surface area contributed by atoms with E-state index >= 15 is 0 Å². The standard InChI is InChI=1S/C9H10F3NO3/c1-5(9(10,11)12)4-6(14)13-8(2-3-8)7(15)16/h4H,2-3H2,1H3,(H,13,14)(H,15,16)/b5-4+. The fourth-order valence-corrected chi connectivity index (χ4v) is 1.07. The van der Waals surface area contributed by atoms with E-state index in [4.69, 9.17) is 5.11 Å². The maximum Gasteiger partial charge on any atom is 0.412 e. The van der Waals surface area contributed by atoms with E-state index in [2.05, 4.69) is 5.32 Å². The van der Waals surface area contributed by atoms with E-state index in [1.807, 2.05) is 0 Å². The zero-order valence-electron chi connectivity index (χ0n) is 8.39. The van der Waals surface area contributed by atoms with Gasteiger partial charge in [0.2, 0.25) is 5.91 Å². The summed E-state index contributed by atoms with van der Waals surface area (Å²) in [6.45, 7) is 0.750. The van der Waals surface area contributed by atoms with E-state index in [0.717, 1.165) is 6.92 Å². The molecule has 16 heavy (non-hydrogen) atoms. The fraction of sp³-hybridized carbons (Fsp3) is 0.556. The first-order valence-corrected chi connectivity index (χ1v) is 4.48. The number of hydrogen-bond acceptors (Lipinski definition) is 2. The summed E-state index contributed by atoms with van der Waals surface area (Å²) in [7, 11) is 0. The van der Waals surface area contributed by atoms with Crippen molar-refractivity contribution in [2.75, 3.05) is 0 Å². The second-order valence-electron chi connectivity index (χ2n) is 3.70. The molecule has 1 fully saturated rings. The summed E-state index contributed by atoms with van der Waals surface area (Å²) >= 11 is 0. The minimum absolute atomic E-state index is 0.243. The molecule has 7 heteroatoms. The topological polar surface area (TPSA) is 66.4 Å². The molecule has 2 N–H and O–H groups in total. The molecule has 0 aromatic carbocycles. The Hall–Kier alpha value is -1.53. The zero-order chi connectivity index (χ0) is 12.6. The van der Waals surface area contributed by atoms with Crippen molar-refractivity contribution < 1.29 is 27.9 Å². The second kappa shape index (κ2) is 3.80. The van der Waals surface area contributed by atoms with Crippen LogP contribution in [0.4, 0.5) is 13.2 Å². The Balaban J connectivity index is 2.65. The highest BCUT2D eigenvalue weighted by atomic mass is 19.4. The van der Waals surface area contributed by atoms with Crippen molar-refractivity contribution in [2.45, 2.75) is 31.5 Å². The molecule has 0 aromatic rings. The van der Waals surface area contributed by atoms with Gasteiger partial charge in [0.15, 0.2) is 0 Å². The molecule has 0 spiro atoms. The molecular weight excluding hydrogens is 227 g/mol. The van der Waals surface area contributed by atoms with Crippen molar-refractivity contribution >= 4 is 11.9 Å². The van der Waals surface area contributed by atoms with Crippen molar-refractivity contribution in [2.24, 2.45) is 0 Å². The van der Waals surface area contributed by atoms with Gasteiger partial charge in [-0.25, -0.2) is 4.79 Å². The van der Waals surface area contributed by atoms with Crippen LogP contribution in [0.15, 0.2) is 11.6 Å². The molecule has 0 bridgehead atoms. The van der Waals surface area contributed by atoms with Crippen LogP contribution in [0.25, 0.3) is 0 Å². The van der Waals surface area contributed by atoms with E-state index < -0.39 is 29.2 Å². The first kappa shape index (κ1) is 12.5. The van der Waals surface area contributed by atoms with Crippen molar-refractivity contribution in [3.63, 3.8) is 0 Å². The smallest absolute Gasteiger partial charge is 0.412 e. The molecule has 0 heterocycles. The van der Waals surface area contributed by atoms with E-state index in [1.54, 1.807) is 0 Å². The monoisotopic (exact) mass is 237 g/mol. The molecule has 1 saturated carbocycles. The number of alkyl halides is 3. The van der Waals surface area contributed by atoms with Crippen LogP contribution in [-0.2, 0) is 9.59 Å². The van der Waals surface area contributed by atoms with Gasteiger partial charge in [-0.05, 0) is 19.8 Å². The Morgan fingerprint density at radius 2 is 1.88 bits per heavy atom. The third-order valence-electron chi connectivity index (χ3n) is 2.32. The van der Waals surface area contributed by atoms with Gasteiger partial charge in [-0.2, -0.15) is 13.2 Å². The van der Waals surface area contributed by atoms with Gasteiger partial charge in [-0.1, -0.05) is 0 Å². The number of halogens is 3. The number of carboxylic acid groups (broad SMARTS) is 1. The molecule has 0 radical (unpaired) electrons. The average Bonchev–Trinajstić information content (AvgIpc) is 2.83. The number of carbonyl (C=O) groups is 2. The van der Waals surface area contributed by atoms with Crippen molar-refractivity contribution in [3.05, 3.63) is 11.6 Å². The van der Waals surface area contributed by atoms with Crippen LogP contribution >= 0.6 is 0 Å². The Labute approximate surface area is 89.1 Å². The normalized spacial score (nSPS) is 19.1. The molecule has 0 atom stereocenters. The predicted molar refractivity (Wildman–Crippen MR) is 47.6 cm³/mol. The van der Waals surface area contributed by atoms with Gasteiger partial charge >= 0.3 is 12.1 Å². The number of aliphatic carboxylic acids is 1. The summed E-state index contributed by atoms with van der Waals surface area (Å²) in [5.74, 6) is -2.26. The zero-order valence-corrected chi connectivity index (χ0v) is 8.39. The quantitative estimate of drug-likeness (QED) is 0.725. The van der Waals surface area contributed by atoms with Crippen LogP contribution in [0.3, 0.4) is 0 Å². The Morgan fingerprint density at radius 3 is 2.19 bits per heavy atom. The van der Waals surface area contributed by atoms with Gasteiger partial charge in [-0.3, -0.25) is 4.79 Å². The lowest BCUT2D eigenvalue weighted by atomic mass is 10.2. The van der Waals surface area contributed by atoms with Gasteiger partial charge in [0.05, 0.1) is 0 Å². The highest BCUT2D eigenvalue weighted by Gasteiger charge is 2.51. The molecule has 0 unspecified atom stereocenters. The van der Waals surface area contributed by atoms with Gasteiger partial charge in [-0.15, -0.1) is 0 Å². The highest BCUT2D eigenvalue weighted by molar-refractivity contribution is 5.95. The van der Waals surface area contributed by atoms with Crippen LogP contribution in [0.2, 0.25) is 0 Å². The van der Waals surface area contributed by atoms with Gasteiger partial charge in [0, 0.05) is 11.6 Å². The number of rotatable bonds is 3. The molecule has 1 amide bonds. The number of carboxylic acids is 1. The van der Waals surface area contributed by atoms with E-state index in [0.29, 0.717) is 6.08 Å². The summed E-state index contributed by atoms with van der Waals surface area (Å²) in [6.07, 6.45) is -3.72. The van der Waals surface area contributed by atoms with Gasteiger partial charge in [0.1, 0.15) is 5.54 Å². The summed E-state index contributed by atoms with van der Waals surface area (Å²) in [5, 5.41) is 10.7. The largest absolute Gasteiger partial charge is 0.480 e. The summed E-state index contributed by atoms with van der Waals surface area (Å²) in [5.41, 5.74) is -2.43. The fourth-order valence-electron chi connectivity index (χ4n) is 1.07. The van der Waals surface area contributed by atoms with E-state index in [9.17, 15) is 22.8 Å². The van der Waals surface area contributed by atoms with Crippen LogP contribution < -0.4 is 5.32 Å². The SMILES string of the molecule is C/C(=C\C(=O)NC1(C(=O)O)CC1)C(F)(F)F. The Morgan fingerprint density at radius 1 is 1.38 bits per heavy atom. The minimum Gasteiger partial charge on any atom is -0.480 e. The number of nitrogens with one attached hydrogen (secondary N) is 1. The predicted octanol–water partition coefficient (Wildman–Crippen LogP) is 1.23. The second-order valence-corrected chi connectivity index (χ2v) is 3.70. The molecule has 0 saturated heterocycles. The molecule has 90 valence electrons. The third-order valence-corrected chi connectivity index (χ3v) is 2.32. The lowest BCUT2D eigenvalue weighted by Gasteiger charge is -2.11. The first-order valence-electron chi connectivity index (χ1n) is 4.48. The number of hydrogen-bond donors (Lipinski definition) is 2. The number of carbonyl (C=O) groups excluding carboxylic acids is 1. The average molecular weight is 237 g/mol. The number of allylic oxidation sites excluding steroid dienone is 1. The first-order chi connectivity index (χ1) is 7.17. The van der Waals surface area contributed by atoms with Crippen molar-refractivity contribution in [1.82, 2.24) is 5.32 Å². The molecular formula is C9H10F3NO3. The molecule has 1 rings (SSSR count). The highest BCUT2D eigenvalue weighted by Crippen LogP contribution is 2.35. The molecule has 0 aromatic heterocycles. The van der Waals surface area contributed by atoms with Crippen molar-refractivity contribution in [3.8, 4) is 0 Å². The van der Waals surface area contributed by atoms with Crippen molar-refractivity contribution in [1.29, 1.82) is 0 Å². The lowest BCUT2D eigenvalue weighted by Crippen LogP contribution is -2.42. The lowest BCUT2D eigenvalue weighted by molar-refractivity contribution is -0.142. The molecule has 4 nitrogen and oxygen atoms in total. The van der Waals surface area contributed by atoms with E-state index in [1.165, 1.54) is 0 Å². The maximum atomic E-state index is 12.1. The molecule has 0 aliphatic heterocycles. The van der Waals surface area contributed by atoms with Gasteiger partial charge in [0.25, 0.3) is 0 Å². The molecule has 1 aliphatic carbocycles. The van der Waals surface area contributed by atoms with Crippen LogP contribution in [-0.4, -0.2) is 28.7 Å². The number of amides is 1. The third kappa shape index (κ3) is 2.74. The maximum absolute atomic E-state index is 12.1. The van der Waals surface area contributed by atoms with Crippen LogP contribution in [0, 0.1) is 0 Å². The Bertz CT molecular complexity index is 356. The minimum atomic E-state index is -4.57. The van der Waals surface area contributed by atoms with Crippen LogP contribution in [0.5, 0.6) is 0 Å². The van der Waals surface area contributed by atoms with Gasteiger partial charge < -0.3 is 10.4 Å².